The van der Waals surface area contributed by atoms with Crippen molar-refractivity contribution in [2.75, 3.05) is 7.11 Å². The lowest BCUT2D eigenvalue weighted by Crippen LogP contribution is -2.15. The molecule has 0 saturated carbocycles. The minimum atomic E-state index is -0.634. The van der Waals surface area contributed by atoms with E-state index in [-0.39, 0.29) is 12.2 Å². The van der Waals surface area contributed by atoms with Gasteiger partial charge in [-0.05, 0) is 71.7 Å². The van der Waals surface area contributed by atoms with Gasteiger partial charge in [0, 0.05) is 31.1 Å². The fourth-order valence-electron chi connectivity index (χ4n) is 4.27. The molecule has 0 amide bonds. The molecule has 1 N–H and O–H groups in total. The van der Waals surface area contributed by atoms with Gasteiger partial charge >= 0.3 is 0 Å². The van der Waals surface area contributed by atoms with Crippen molar-refractivity contribution in [1.82, 2.24) is 4.57 Å². The Morgan fingerprint density at radius 3 is 2.53 bits per heavy atom. The van der Waals surface area contributed by atoms with Crippen LogP contribution in [0.5, 0.6) is 5.75 Å². The van der Waals surface area contributed by atoms with Crippen LogP contribution in [0.15, 0.2) is 79.0 Å². The molecule has 4 rings (SSSR count). The van der Waals surface area contributed by atoms with Crippen LogP contribution in [0.1, 0.15) is 36.0 Å². The summed E-state index contributed by atoms with van der Waals surface area (Å²) in [7, 11) is 1.57. The standard InChI is InChI=1S/C29H30ClNO3/c1-34-29-18-22(9-13-27(29)30)8-12-26(33)19-25(32)11-7-21-10-14-28-24(17-21)15-16-31(28)20-23-5-3-2-4-6-23/h2-6,9-10,13-18,25,32H,7-8,11-12,19-20H2,1H3. The largest absolute Gasteiger partial charge is 0.495 e. The molecule has 0 aliphatic heterocycles. The number of aliphatic hydroxyl groups excluding tert-OH is 1. The molecule has 0 bridgehead atoms. The third-order valence-electron chi connectivity index (χ3n) is 6.17. The van der Waals surface area contributed by atoms with E-state index in [1.165, 1.54) is 22.0 Å². The molecule has 4 aromatic rings. The molecule has 3 aromatic carbocycles. The molecular formula is C29H30ClNO3. The van der Waals surface area contributed by atoms with E-state index in [9.17, 15) is 9.90 Å². The Balaban J connectivity index is 1.26. The zero-order valence-electron chi connectivity index (χ0n) is 19.4. The molecule has 0 aliphatic carbocycles. The summed E-state index contributed by atoms with van der Waals surface area (Å²) >= 11 is 6.05. The van der Waals surface area contributed by atoms with Gasteiger partial charge in [-0.2, -0.15) is 0 Å². The van der Waals surface area contributed by atoms with E-state index in [1.54, 1.807) is 13.2 Å². The van der Waals surface area contributed by atoms with E-state index in [0.29, 0.717) is 30.0 Å². The number of hydrogen-bond donors (Lipinski definition) is 1. The van der Waals surface area contributed by atoms with Gasteiger partial charge in [-0.15, -0.1) is 0 Å². The first-order chi connectivity index (χ1) is 16.5. The lowest BCUT2D eigenvalue weighted by Gasteiger charge is -2.11. The van der Waals surface area contributed by atoms with Crippen LogP contribution >= 0.6 is 11.6 Å². The highest BCUT2D eigenvalue weighted by Crippen LogP contribution is 2.26. The van der Waals surface area contributed by atoms with Gasteiger partial charge in [0.2, 0.25) is 0 Å². The second kappa shape index (κ2) is 11.4. The third kappa shape index (κ3) is 6.28. The van der Waals surface area contributed by atoms with Gasteiger partial charge in [0.05, 0.1) is 18.2 Å². The molecule has 34 heavy (non-hydrogen) atoms. The predicted molar refractivity (Wildman–Crippen MR) is 138 cm³/mol. The fraction of sp³-hybridized carbons (Fsp3) is 0.276. The molecule has 4 nitrogen and oxygen atoms in total. The quantitative estimate of drug-likeness (QED) is 0.279. The number of methoxy groups -OCH3 is 1. The number of aromatic nitrogens is 1. The SMILES string of the molecule is COc1cc(CCC(=O)CC(O)CCc2ccc3c(ccn3Cc3ccccc3)c2)ccc1Cl. The Kier molecular flexibility index (Phi) is 8.04. The molecule has 0 fully saturated rings. The van der Waals surface area contributed by atoms with Crippen LogP contribution in [0.4, 0.5) is 0 Å². The normalized spacial score (nSPS) is 12.1. The number of fused-ring (bicyclic) bond motifs is 1. The van der Waals surface area contributed by atoms with Crippen LogP contribution in [0.2, 0.25) is 5.02 Å². The fourth-order valence-corrected chi connectivity index (χ4v) is 4.46. The summed E-state index contributed by atoms with van der Waals surface area (Å²) in [5, 5.41) is 12.2. The molecule has 0 aliphatic rings. The summed E-state index contributed by atoms with van der Waals surface area (Å²) < 4.78 is 7.48. The van der Waals surface area contributed by atoms with Crippen LogP contribution in [0.25, 0.3) is 10.9 Å². The predicted octanol–water partition coefficient (Wildman–Crippen LogP) is 6.24. The first kappa shape index (κ1) is 24.1. The Morgan fingerprint density at radius 2 is 1.74 bits per heavy atom. The topological polar surface area (TPSA) is 51.5 Å². The highest BCUT2D eigenvalue weighted by molar-refractivity contribution is 6.32. The van der Waals surface area contributed by atoms with Gasteiger partial charge in [-0.25, -0.2) is 0 Å². The summed E-state index contributed by atoms with van der Waals surface area (Å²) in [6, 6.07) is 24.5. The number of carbonyl (C=O) groups excluding carboxylic acids is 1. The summed E-state index contributed by atoms with van der Waals surface area (Å²) in [5.74, 6) is 0.675. The maximum atomic E-state index is 12.4. The Hall–Kier alpha value is -3.08. The molecular weight excluding hydrogens is 446 g/mol. The van der Waals surface area contributed by atoms with Gasteiger partial charge in [-0.1, -0.05) is 54.1 Å². The maximum Gasteiger partial charge on any atom is 0.137 e. The van der Waals surface area contributed by atoms with Gasteiger partial charge in [-0.3, -0.25) is 4.79 Å². The Bertz CT molecular complexity index is 1250. The number of hydrogen-bond acceptors (Lipinski definition) is 3. The van der Waals surface area contributed by atoms with Crippen molar-refractivity contribution in [3.63, 3.8) is 0 Å². The van der Waals surface area contributed by atoms with Crippen LogP contribution in [0.3, 0.4) is 0 Å². The number of carbonyl (C=O) groups is 1. The van der Waals surface area contributed by atoms with Crippen molar-refractivity contribution < 1.29 is 14.6 Å². The highest BCUT2D eigenvalue weighted by Gasteiger charge is 2.13. The number of benzene rings is 3. The lowest BCUT2D eigenvalue weighted by molar-refractivity contribution is -0.120. The second-order valence-electron chi connectivity index (χ2n) is 8.73. The van der Waals surface area contributed by atoms with Crippen LogP contribution < -0.4 is 4.74 Å². The van der Waals surface area contributed by atoms with Crippen molar-refractivity contribution in [1.29, 1.82) is 0 Å². The van der Waals surface area contributed by atoms with Gasteiger partial charge < -0.3 is 14.4 Å². The third-order valence-corrected chi connectivity index (χ3v) is 6.48. The number of Topliss-reactive ketones (excluding diaryl/α,β-unsaturated/α-hetero) is 1. The van der Waals surface area contributed by atoms with Gasteiger partial charge in [0.25, 0.3) is 0 Å². The number of halogens is 1. The average Bonchev–Trinajstić information content (AvgIpc) is 3.24. The van der Waals surface area contributed by atoms with E-state index in [2.05, 4.69) is 59.3 Å². The molecule has 0 spiro atoms. The summed E-state index contributed by atoms with van der Waals surface area (Å²) in [6.45, 7) is 0.841. The number of nitrogens with zero attached hydrogens (tertiary/aromatic N) is 1. The molecule has 1 atom stereocenters. The molecule has 5 heteroatoms. The highest BCUT2D eigenvalue weighted by atomic mass is 35.5. The summed E-state index contributed by atoms with van der Waals surface area (Å²) in [5.41, 5.74) is 4.63. The van der Waals surface area contributed by atoms with Crippen molar-refractivity contribution in [2.24, 2.45) is 0 Å². The van der Waals surface area contributed by atoms with Crippen LogP contribution in [-0.4, -0.2) is 28.7 Å². The van der Waals surface area contributed by atoms with Crippen LogP contribution in [-0.2, 0) is 24.2 Å². The van der Waals surface area contributed by atoms with Crippen molar-refractivity contribution in [2.45, 2.75) is 44.8 Å². The van der Waals surface area contributed by atoms with Crippen LogP contribution in [0, 0.1) is 0 Å². The van der Waals surface area contributed by atoms with Gasteiger partial charge in [0.15, 0.2) is 0 Å². The summed E-state index contributed by atoms with van der Waals surface area (Å²) in [4.78, 5) is 12.4. The number of aryl methyl sites for hydroxylation is 2. The second-order valence-corrected chi connectivity index (χ2v) is 9.13. The molecule has 1 unspecified atom stereocenters. The smallest absolute Gasteiger partial charge is 0.137 e. The Labute approximate surface area is 205 Å². The number of ketones is 1. The zero-order chi connectivity index (χ0) is 23.9. The molecule has 0 radical (unpaired) electrons. The van der Waals surface area contributed by atoms with Crippen molar-refractivity contribution in [3.8, 4) is 5.75 Å². The van der Waals surface area contributed by atoms with E-state index in [4.69, 9.17) is 16.3 Å². The van der Waals surface area contributed by atoms with E-state index >= 15 is 0 Å². The maximum absolute atomic E-state index is 12.4. The monoisotopic (exact) mass is 475 g/mol. The van der Waals surface area contributed by atoms with Crippen molar-refractivity contribution >= 4 is 28.3 Å². The van der Waals surface area contributed by atoms with E-state index in [0.717, 1.165) is 18.5 Å². The van der Waals surface area contributed by atoms with E-state index in [1.807, 2.05) is 18.2 Å². The molecule has 1 heterocycles. The zero-order valence-corrected chi connectivity index (χ0v) is 20.2. The van der Waals surface area contributed by atoms with Gasteiger partial charge in [0.1, 0.15) is 11.5 Å². The van der Waals surface area contributed by atoms with E-state index < -0.39 is 6.10 Å². The first-order valence-corrected chi connectivity index (χ1v) is 12.0. The number of aliphatic hydroxyl groups is 1. The molecule has 1 aromatic heterocycles. The first-order valence-electron chi connectivity index (χ1n) is 11.7. The molecule has 176 valence electrons. The summed E-state index contributed by atoms with van der Waals surface area (Å²) in [6.07, 6.45) is 3.97. The minimum absolute atomic E-state index is 0.0647. The number of rotatable bonds is 11. The van der Waals surface area contributed by atoms with Crippen molar-refractivity contribution in [3.05, 3.63) is 101 Å². The minimum Gasteiger partial charge on any atom is -0.495 e. The Morgan fingerprint density at radius 1 is 0.971 bits per heavy atom. The average molecular weight is 476 g/mol. The number of ether oxygens (including phenoxy) is 1. The lowest BCUT2D eigenvalue weighted by atomic mass is 9.99. The molecule has 0 saturated heterocycles.